The quantitative estimate of drug-likeness (QED) is 0.755. The van der Waals surface area contributed by atoms with Gasteiger partial charge in [-0.1, -0.05) is 20.8 Å². The molecule has 0 radical (unpaired) electrons. The molecule has 0 aromatic heterocycles. The van der Waals surface area contributed by atoms with Crippen LogP contribution < -0.4 is 0 Å². The number of aliphatic hydroxyl groups excluding tert-OH is 1. The Bertz CT molecular complexity index is 183. The van der Waals surface area contributed by atoms with Gasteiger partial charge < -0.3 is 9.84 Å². The second kappa shape index (κ2) is 7.25. The van der Waals surface area contributed by atoms with E-state index in [0.717, 1.165) is 39.1 Å². The highest BCUT2D eigenvalue weighted by atomic mass is 16.5. The summed E-state index contributed by atoms with van der Waals surface area (Å²) >= 11 is 0. The van der Waals surface area contributed by atoms with E-state index >= 15 is 0 Å². The molecule has 0 aromatic rings. The Balaban J connectivity index is 2.28. The van der Waals surface area contributed by atoms with Crippen molar-refractivity contribution in [3.8, 4) is 0 Å². The van der Waals surface area contributed by atoms with Gasteiger partial charge in [-0.05, 0) is 31.7 Å². The van der Waals surface area contributed by atoms with Crippen LogP contribution in [0, 0.1) is 5.92 Å². The lowest BCUT2D eigenvalue weighted by Gasteiger charge is -2.35. The molecule has 1 aliphatic rings. The van der Waals surface area contributed by atoms with Crippen LogP contribution in [0.1, 0.15) is 40.0 Å². The summed E-state index contributed by atoms with van der Waals surface area (Å²) in [6, 6.07) is 0. The maximum atomic E-state index is 10.1. The van der Waals surface area contributed by atoms with Crippen molar-refractivity contribution in [3.63, 3.8) is 0 Å². The molecule has 16 heavy (non-hydrogen) atoms. The lowest BCUT2D eigenvalue weighted by atomic mass is 10.0. The first-order valence-electron chi connectivity index (χ1n) is 6.65. The van der Waals surface area contributed by atoms with E-state index in [0.29, 0.717) is 5.92 Å². The van der Waals surface area contributed by atoms with E-state index in [1.54, 1.807) is 0 Å². The fourth-order valence-electron chi connectivity index (χ4n) is 2.17. The average molecular weight is 229 g/mol. The molecule has 1 saturated heterocycles. The molecule has 1 fully saturated rings. The summed E-state index contributed by atoms with van der Waals surface area (Å²) in [5.74, 6) is 0.657. The Hall–Kier alpha value is -0.120. The fourth-order valence-corrected chi connectivity index (χ4v) is 2.17. The Morgan fingerprint density at radius 1 is 1.38 bits per heavy atom. The molecule has 1 N–H and O–H groups in total. The smallest absolute Gasteiger partial charge is 0.0960 e. The minimum absolute atomic E-state index is 0.0269. The zero-order valence-electron chi connectivity index (χ0n) is 11.0. The molecule has 0 amide bonds. The summed E-state index contributed by atoms with van der Waals surface area (Å²) in [6.45, 7) is 10.4. The number of hydrogen-bond donors (Lipinski definition) is 1. The van der Waals surface area contributed by atoms with Gasteiger partial charge in [0.25, 0.3) is 0 Å². The lowest BCUT2D eigenvalue weighted by molar-refractivity contribution is -0.0911. The van der Waals surface area contributed by atoms with Crippen molar-refractivity contribution in [2.45, 2.75) is 52.2 Å². The van der Waals surface area contributed by atoms with Gasteiger partial charge in [-0.15, -0.1) is 0 Å². The van der Waals surface area contributed by atoms with Crippen molar-refractivity contribution in [2.75, 3.05) is 26.2 Å². The Morgan fingerprint density at radius 2 is 2.12 bits per heavy atom. The van der Waals surface area contributed by atoms with Gasteiger partial charge >= 0.3 is 0 Å². The largest absolute Gasteiger partial charge is 0.390 e. The summed E-state index contributed by atoms with van der Waals surface area (Å²) in [7, 11) is 0. The highest BCUT2D eigenvalue weighted by Gasteiger charge is 2.26. The van der Waals surface area contributed by atoms with E-state index in [1.807, 2.05) is 0 Å². The van der Waals surface area contributed by atoms with Crippen molar-refractivity contribution >= 4 is 0 Å². The SMILES string of the molecule is CCCN1CCOC(C(O)CCC(C)C)C1. The van der Waals surface area contributed by atoms with Crippen LogP contribution in [0.25, 0.3) is 0 Å². The minimum atomic E-state index is -0.290. The molecule has 0 aliphatic carbocycles. The average Bonchev–Trinajstić information content (AvgIpc) is 2.26. The van der Waals surface area contributed by atoms with Crippen LogP contribution in [0.2, 0.25) is 0 Å². The van der Waals surface area contributed by atoms with Gasteiger partial charge in [0.15, 0.2) is 0 Å². The van der Waals surface area contributed by atoms with Crippen molar-refractivity contribution in [1.82, 2.24) is 4.90 Å². The maximum absolute atomic E-state index is 10.1. The molecule has 0 aromatic carbocycles. The number of hydrogen-bond acceptors (Lipinski definition) is 3. The highest BCUT2D eigenvalue weighted by molar-refractivity contribution is 4.77. The predicted octanol–water partition coefficient (Wildman–Crippen LogP) is 1.89. The fraction of sp³-hybridized carbons (Fsp3) is 1.00. The predicted molar refractivity (Wildman–Crippen MR) is 66.5 cm³/mol. The number of aliphatic hydroxyl groups is 1. The normalized spacial score (nSPS) is 24.9. The van der Waals surface area contributed by atoms with Gasteiger partial charge in [-0.2, -0.15) is 0 Å². The summed E-state index contributed by atoms with van der Waals surface area (Å²) in [4.78, 5) is 2.40. The minimum Gasteiger partial charge on any atom is -0.390 e. The van der Waals surface area contributed by atoms with Gasteiger partial charge in [-0.25, -0.2) is 0 Å². The second-order valence-corrected chi connectivity index (χ2v) is 5.25. The molecule has 0 spiro atoms. The van der Waals surface area contributed by atoms with Crippen LogP contribution in [0.15, 0.2) is 0 Å². The number of rotatable bonds is 6. The van der Waals surface area contributed by atoms with Gasteiger partial charge in [-0.3, -0.25) is 4.90 Å². The summed E-state index contributed by atoms with van der Waals surface area (Å²) in [6.07, 6.45) is 2.85. The van der Waals surface area contributed by atoms with Crippen molar-refractivity contribution in [1.29, 1.82) is 0 Å². The van der Waals surface area contributed by atoms with Gasteiger partial charge in [0.05, 0.1) is 18.8 Å². The molecule has 1 aliphatic heterocycles. The molecule has 96 valence electrons. The third-order valence-corrected chi connectivity index (χ3v) is 3.19. The molecule has 2 atom stereocenters. The van der Waals surface area contributed by atoms with Gasteiger partial charge in [0.2, 0.25) is 0 Å². The number of morpholine rings is 1. The summed E-state index contributed by atoms with van der Waals surface area (Å²) in [5.41, 5.74) is 0. The summed E-state index contributed by atoms with van der Waals surface area (Å²) < 4.78 is 5.66. The molecule has 2 unspecified atom stereocenters. The Morgan fingerprint density at radius 3 is 2.75 bits per heavy atom. The zero-order chi connectivity index (χ0) is 12.0. The topological polar surface area (TPSA) is 32.7 Å². The molecule has 3 nitrogen and oxygen atoms in total. The highest BCUT2D eigenvalue weighted by Crippen LogP contribution is 2.15. The molecular formula is C13H27NO2. The van der Waals surface area contributed by atoms with Crippen LogP contribution in [-0.4, -0.2) is 48.5 Å². The van der Waals surface area contributed by atoms with Crippen LogP contribution >= 0.6 is 0 Å². The van der Waals surface area contributed by atoms with E-state index in [9.17, 15) is 5.11 Å². The van der Waals surface area contributed by atoms with E-state index in [1.165, 1.54) is 6.42 Å². The number of ether oxygens (including phenoxy) is 1. The summed E-state index contributed by atoms with van der Waals surface area (Å²) in [5, 5.41) is 10.1. The first kappa shape index (κ1) is 13.9. The van der Waals surface area contributed by atoms with Gasteiger partial charge in [0.1, 0.15) is 0 Å². The lowest BCUT2D eigenvalue weighted by Crippen LogP contribution is -2.47. The van der Waals surface area contributed by atoms with E-state index in [-0.39, 0.29) is 12.2 Å². The third-order valence-electron chi connectivity index (χ3n) is 3.19. The van der Waals surface area contributed by atoms with Crippen molar-refractivity contribution in [3.05, 3.63) is 0 Å². The van der Waals surface area contributed by atoms with Gasteiger partial charge in [0, 0.05) is 13.1 Å². The van der Waals surface area contributed by atoms with Crippen molar-refractivity contribution in [2.24, 2.45) is 5.92 Å². The first-order valence-corrected chi connectivity index (χ1v) is 6.65. The number of nitrogens with zero attached hydrogens (tertiary/aromatic N) is 1. The zero-order valence-corrected chi connectivity index (χ0v) is 11.0. The molecule has 0 bridgehead atoms. The van der Waals surface area contributed by atoms with Crippen LogP contribution in [-0.2, 0) is 4.74 Å². The molecule has 3 heteroatoms. The second-order valence-electron chi connectivity index (χ2n) is 5.25. The molecule has 1 heterocycles. The molecule has 0 saturated carbocycles. The molecular weight excluding hydrogens is 202 g/mol. The monoisotopic (exact) mass is 229 g/mol. The van der Waals surface area contributed by atoms with E-state index in [2.05, 4.69) is 25.7 Å². The first-order chi connectivity index (χ1) is 7.63. The standard InChI is InChI=1S/C13H27NO2/c1-4-7-14-8-9-16-13(10-14)12(15)6-5-11(2)3/h11-13,15H,4-10H2,1-3H3. The van der Waals surface area contributed by atoms with E-state index in [4.69, 9.17) is 4.74 Å². The Labute approximate surface area is 99.8 Å². The third kappa shape index (κ3) is 4.81. The van der Waals surface area contributed by atoms with Crippen LogP contribution in [0.5, 0.6) is 0 Å². The Kier molecular flexibility index (Phi) is 6.32. The van der Waals surface area contributed by atoms with Crippen molar-refractivity contribution < 1.29 is 9.84 Å². The van der Waals surface area contributed by atoms with E-state index < -0.39 is 0 Å². The van der Waals surface area contributed by atoms with Crippen LogP contribution in [0.4, 0.5) is 0 Å². The molecule has 1 rings (SSSR count). The maximum Gasteiger partial charge on any atom is 0.0960 e. The van der Waals surface area contributed by atoms with Crippen LogP contribution in [0.3, 0.4) is 0 Å².